The van der Waals surface area contributed by atoms with E-state index in [0.717, 1.165) is 29.8 Å². The maximum Gasteiger partial charge on any atom is 0.416 e. The molecule has 0 saturated heterocycles. The number of fused-ring (bicyclic) bond motifs is 1. The van der Waals surface area contributed by atoms with E-state index in [-0.39, 0.29) is 38.1 Å². The van der Waals surface area contributed by atoms with Crippen molar-refractivity contribution < 1.29 is 36.2 Å². The number of nitrogens with two attached hydrogens (primary N) is 1. The fraction of sp³-hybridized carbons (Fsp3) is 0.321. The van der Waals surface area contributed by atoms with Crippen molar-refractivity contribution >= 4 is 24.0 Å². The first kappa shape index (κ1) is 30.2. The zero-order chi connectivity index (χ0) is 27.3. The van der Waals surface area contributed by atoms with Crippen LogP contribution in [-0.4, -0.2) is 32.2 Å². The zero-order valence-corrected chi connectivity index (χ0v) is 21.7. The summed E-state index contributed by atoms with van der Waals surface area (Å²) in [4.78, 5) is 14.9. The van der Waals surface area contributed by atoms with Crippen molar-refractivity contribution in [3.63, 3.8) is 0 Å². The summed E-state index contributed by atoms with van der Waals surface area (Å²) in [7, 11) is 0. The molecule has 1 amide bonds. The Labute approximate surface area is 229 Å². The van der Waals surface area contributed by atoms with Gasteiger partial charge in [0.05, 0.1) is 11.5 Å². The maximum atomic E-state index is 13.6. The van der Waals surface area contributed by atoms with Gasteiger partial charge in [-0.25, -0.2) is 8.78 Å². The number of benzene rings is 3. The van der Waals surface area contributed by atoms with Crippen LogP contribution >= 0.6 is 12.4 Å². The molecule has 11 heteroatoms. The minimum Gasteiger partial charge on any atom is -0.490 e. The third kappa shape index (κ3) is 7.39. The largest absolute Gasteiger partial charge is 0.490 e. The number of ether oxygens (including phenoxy) is 2. The molecule has 1 heterocycles. The lowest BCUT2D eigenvalue weighted by atomic mass is 9.94. The van der Waals surface area contributed by atoms with E-state index in [2.05, 4.69) is 0 Å². The van der Waals surface area contributed by atoms with Crippen molar-refractivity contribution in [3.05, 3.63) is 89.0 Å². The van der Waals surface area contributed by atoms with Crippen LogP contribution in [0.5, 0.6) is 11.5 Å². The summed E-state index contributed by atoms with van der Waals surface area (Å²) in [5, 5.41) is 0. The Kier molecular flexibility index (Phi) is 10.2. The normalized spacial score (nSPS) is 13.7. The lowest BCUT2D eigenvalue weighted by molar-refractivity contribution is -0.137. The quantitative estimate of drug-likeness (QED) is 0.255. The van der Waals surface area contributed by atoms with Crippen molar-refractivity contribution in [3.8, 4) is 11.5 Å². The number of nitrogens with zero attached hydrogens (tertiary/aromatic N) is 1. The van der Waals surface area contributed by atoms with Crippen molar-refractivity contribution in [2.75, 3.05) is 31.2 Å². The summed E-state index contributed by atoms with van der Waals surface area (Å²) in [6, 6.07) is 13.9. The van der Waals surface area contributed by atoms with Crippen LogP contribution in [0.25, 0.3) is 0 Å². The maximum absolute atomic E-state index is 13.6. The molecule has 5 nitrogen and oxygen atoms in total. The van der Waals surface area contributed by atoms with Gasteiger partial charge in [-0.3, -0.25) is 4.79 Å². The average Bonchev–Trinajstić information content (AvgIpc) is 2.90. The monoisotopic (exact) mass is 570 g/mol. The minimum absolute atomic E-state index is 0. The number of aryl methyl sites for hydroxylation is 1. The van der Waals surface area contributed by atoms with Crippen LogP contribution in [0.4, 0.5) is 27.6 Å². The lowest BCUT2D eigenvalue weighted by Gasteiger charge is -2.32. The van der Waals surface area contributed by atoms with Gasteiger partial charge >= 0.3 is 6.18 Å². The van der Waals surface area contributed by atoms with Crippen molar-refractivity contribution in [2.24, 2.45) is 11.7 Å². The second-order valence-electron chi connectivity index (χ2n) is 8.96. The van der Waals surface area contributed by atoms with Crippen LogP contribution in [0.15, 0.2) is 60.7 Å². The highest BCUT2D eigenvalue weighted by atomic mass is 35.5. The molecule has 1 aliphatic rings. The highest BCUT2D eigenvalue weighted by Crippen LogP contribution is 2.36. The van der Waals surface area contributed by atoms with E-state index >= 15 is 0 Å². The molecule has 39 heavy (non-hydrogen) atoms. The molecule has 3 aromatic rings. The Morgan fingerprint density at radius 3 is 2.28 bits per heavy atom. The summed E-state index contributed by atoms with van der Waals surface area (Å²) in [6.45, 7) is 0.486. The number of hydrogen-bond acceptors (Lipinski definition) is 4. The number of carbonyl (C=O) groups is 1. The molecule has 0 saturated carbocycles. The predicted octanol–water partition coefficient (Wildman–Crippen LogP) is 5.96. The molecule has 3 aromatic carbocycles. The second kappa shape index (κ2) is 13.1. The fourth-order valence-electron chi connectivity index (χ4n) is 4.42. The summed E-state index contributed by atoms with van der Waals surface area (Å²) < 4.78 is 77.2. The Balaban J connectivity index is 0.00000420. The number of para-hydroxylation sites is 1. The smallest absolute Gasteiger partial charge is 0.416 e. The number of hydrogen-bond donors (Lipinski definition) is 1. The van der Waals surface area contributed by atoms with E-state index in [9.17, 15) is 26.7 Å². The number of anilines is 1. The van der Waals surface area contributed by atoms with Gasteiger partial charge in [-0.15, -0.1) is 12.4 Å². The van der Waals surface area contributed by atoms with E-state index in [1.807, 2.05) is 0 Å². The van der Waals surface area contributed by atoms with Gasteiger partial charge in [0.1, 0.15) is 19.0 Å². The first-order valence-electron chi connectivity index (χ1n) is 12.2. The second-order valence-corrected chi connectivity index (χ2v) is 8.96. The molecule has 0 fully saturated rings. The van der Waals surface area contributed by atoms with Gasteiger partial charge in [-0.05, 0) is 72.9 Å². The molecule has 0 spiro atoms. The van der Waals surface area contributed by atoms with Crippen molar-refractivity contribution in [2.45, 2.75) is 25.4 Å². The summed E-state index contributed by atoms with van der Waals surface area (Å²) in [5.41, 5.74) is 7.02. The van der Waals surface area contributed by atoms with Gasteiger partial charge in [0.15, 0.2) is 17.4 Å². The topological polar surface area (TPSA) is 64.8 Å². The lowest BCUT2D eigenvalue weighted by Crippen LogP contribution is -2.42. The summed E-state index contributed by atoms with van der Waals surface area (Å²) in [6.07, 6.45) is -3.06. The highest BCUT2D eigenvalue weighted by molar-refractivity contribution is 5.96. The molecular formula is C28H28ClF5N2O3. The van der Waals surface area contributed by atoms with Crippen LogP contribution in [0.3, 0.4) is 0 Å². The van der Waals surface area contributed by atoms with E-state index in [1.54, 1.807) is 24.3 Å². The Morgan fingerprint density at radius 1 is 0.974 bits per heavy atom. The van der Waals surface area contributed by atoms with Gasteiger partial charge in [-0.1, -0.05) is 18.2 Å². The average molecular weight is 571 g/mol. The number of halogens is 6. The van der Waals surface area contributed by atoms with Gasteiger partial charge < -0.3 is 20.1 Å². The molecule has 1 atom stereocenters. The first-order valence-corrected chi connectivity index (χ1v) is 12.2. The van der Waals surface area contributed by atoms with E-state index in [0.29, 0.717) is 42.8 Å². The van der Waals surface area contributed by atoms with Gasteiger partial charge in [-0.2, -0.15) is 13.2 Å². The van der Waals surface area contributed by atoms with Crippen LogP contribution in [-0.2, 0) is 23.8 Å². The molecule has 2 N–H and O–H groups in total. The van der Waals surface area contributed by atoms with Crippen molar-refractivity contribution in [1.82, 2.24) is 0 Å². The van der Waals surface area contributed by atoms with Gasteiger partial charge in [0.2, 0.25) is 5.91 Å². The standard InChI is InChI=1S/C28H27F5N2O3.ClH/c29-23-4-1-5-24(30)26(23)38-14-13-37-22-9-6-18(7-10-22)15-20(17-34)27(36)35-12-2-3-19-16-21(28(31,32)33)8-11-25(19)35;/h1,4-11,16,20H,2-3,12-15,17,34H2;1H. The molecular weight excluding hydrogens is 543 g/mol. The molecule has 4 rings (SSSR count). The van der Waals surface area contributed by atoms with Gasteiger partial charge in [0, 0.05) is 18.8 Å². The Hall–Kier alpha value is -3.37. The molecule has 0 aliphatic carbocycles. The zero-order valence-electron chi connectivity index (χ0n) is 20.8. The molecule has 0 bridgehead atoms. The fourth-order valence-corrected chi connectivity index (χ4v) is 4.42. The molecule has 0 radical (unpaired) electrons. The van der Waals surface area contributed by atoms with E-state index in [1.165, 1.54) is 17.0 Å². The third-order valence-corrected chi connectivity index (χ3v) is 6.35. The van der Waals surface area contributed by atoms with Crippen LogP contribution in [0, 0.1) is 17.6 Å². The third-order valence-electron chi connectivity index (χ3n) is 6.35. The van der Waals surface area contributed by atoms with E-state index < -0.39 is 35.0 Å². The Morgan fingerprint density at radius 2 is 1.64 bits per heavy atom. The minimum atomic E-state index is -4.44. The van der Waals surface area contributed by atoms with Crippen LogP contribution in [0.2, 0.25) is 0 Å². The summed E-state index contributed by atoms with van der Waals surface area (Å²) >= 11 is 0. The molecule has 1 unspecified atom stereocenters. The highest BCUT2D eigenvalue weighted by Gasteiger charge is 2.33. The first-order chi connectivity index (χ1) is 18.2. The van der Waals surface area contributed by atoms with Crippen LogP contribution < -0.4 is 20.1 Å². The van der Waals surface area contributed by atoms with Gasteiger partial charge in [0.25, 0.3) is 0 Å². The van der Waals surface area contributed by atoms with Crippen molar-refractivity contribution in [1.29, 1.82) is 0 Å². The molecule has 0 aromatic heterocycles. The van der Waals surface area contributed by atoms with E-state index in [4.69, 9.17) is 15.2 Å². The predicted molar refractivity (Wildman–Crippen MR) is 139 cm³/mol. The number of amides is 1. The molecule has 210 valence electrons. The number of alkyl halides is 3. The Bertz CT molecular complexity index is 1250. The SMILES string of the molecule is Cl.NCC(Cc1ccc(OCCOc2c(F)cccc2F)cc1)C(=O)N1CCCc2cc(C(F)(F)F)ccc21. The summed E-state index contributed by atoms with van der Waals surface area (Å²) in [5.74, 6) is -2.33. The molecule has 1 aliphatic heterocycles. The number of rotatable bonds is 9. The van der Waals surface area contributed by atoms with Crippen LogP contribution in [0.1, 0.15) is 23.1 Å². The number of carbonyl (C=O) groups excluding carboxylic acids is 1.